The standard InChI is InChI=1S/C26H30N2O7/c1-4-33-20-14-16(6-8-18(20)29)23-22(25(31)26(32)28(23)11-5-10-27(2)3)24(30)17-7-9-19-21(15-17)35-13-12-34-19/h6-9,14-15,23,29-30H,4-5,10-13H2,1-3H3. The van der Waals surface area contributed by atoms with Crippen molar-refractivity contribution in [3.05, 3.63) is 53.1 Å². The number of rotatable bonds is 8. The van der Waals surface area contributed by atoms with Gasteiger partial charge in [-0.1, -0.05) is 6.07 Å². The number of phenolic OH excluding ortho intramolecular Hbond substituents is 1. The minimum atomic E-state index is -0.842. The number of amides is 1. The van der Waals surface area contributed by atoms with Crippen molar-refractivity contribution in [2.24, 2.45) is 0 Å². The van der Waals surface area contributed by atoms with Gasteiger partial charge in [0.05, 0.1) is 18.2 Å². The quantitative estimate of drug-likeness (QED) is 0.336. The number of ketones is 1. The second-order valence-corrected chi connectivity index (χ2v) is 8.67. The first kappa shape index (κ1) is 24.4. The van der Waals surface area contributed by atoms with Crippen LogP contribution in [0.3, 0.4) is 0 Å². The lowest BCUT2D eigenvalue weighted by molar-refractivity contribution is -0.139. The summed E-state index contributed by atoms with van der Waals surface area (Å²) < 4.78 is 16.7. The summed E-state index contributed by atoms with van der Waals surface area (Å²) in [6.45, 7) is 3.97. The lowest BCUT2D eigenvalue weighted by atomic mass is 9.94. The molecule has 2 aromatic rings. The Morgan fingerprint density at radius 2 is 1.86 bits per heavy atom. The minimum Gasteiger partial charge on any atom is -0.507 e. The second kappa shape index (κ2) is 10.3. The zero-order valence-electron chi connectivity index (χ0n) is 20.1. The van der Waals surface area contributed by atoms with E-state index in [0.29, 0.717) is 55.4 Å². The minimum absolute atomic E-state index is 0.0235. The Bertz CT molecular complexity index is 1160. The topological polar surface area (TPSA) is 109 Å². The van der Waals surface area contributed by atoms with E-state index in [4.69, 9.17) is 14.2 Å². The maximum Gasteiger partial charge on any atom is 0.295 e. The predicted molar refractivity (Wildman–Crippen MR) is 129 cm³/mol. The molecule has 2 aliphatic rings. The molecule has 0 spiro atoms. The number of aliphatic hydroxyl groups is 1. The summed E-state index contributed by atoms with van der Waals surface area (Å²) >= 11 is 0. The molecule has 1 saturated heterocycles. The van der Waals surface area contributed by atoms with Gasteiger partial charge in [0.15, 0.2) is 23.0 Å². The zero-order valence-corrected chi connectivity index (χ0v) is 20.1. The van der Waals surface area contributed by atoms with Gasteiger partial charge in [0, 0.05) is 12.1 Å². The third-order valence-electron chi connectivity index (χ3n) is 5.96. The van der Waals surface area contributed by atoms with E-state index in [1.54, 1.807) is 37.3 Å². The first-order valence-electron chi connectivity index (χ1n) is 11.6. The molecule has 1 unspecified atom stereocenters. The lowest BCUT2D eigenvalue weighted by Crippen LogP contribution is -2.32. The van der Waals surface area contributed by atoms with Crippen molar-refractivity contribution in [1.29, 1.82) is 0 Å². The molecule has 2 aromatic carbocycles. The maximum absolute atomic E-state index is 13.2. The molecule has 0 bridgehead atoms. The smallest absolute Gasteiger partial charge is 0.295 e. The number of fused-ring (bicyclic) bond motifs is 1. The fourth-order valence-electron chi connectivity index (χ4n) is 4.33. The van der Waals surface area contributed by atoms with E-state index < -0.39 is 17.7 Å². The van der Waals surface area contributed by atoms with Gasteiger partial charge < -0.3 is 34.2 Å². The molecular weight excluding hydrogens is 452 g/mol. The molecule has 2 aliphatic heterocycles. The Balaban J connectivity index is 1.81. The van der Waals surface area contributed by atoms with Gasteiger partial charge in [-0.25, -0.2) is 0 Å². The Hall–Kier alpha value is -3.72. The number of hydrogen-bond donors (Lipinski definition) is 2. The molecule has 9 heteroatoms. The van der Waals surface area contributed by atoms with E-state index in [2.05, 4.69) is 0 Å². The Labute approximate surface area is 204 Å². The van der Waals surface area contributed by atoms with Crippen LogP contribution in [-0.4, -0.2) is 78.7 Å². The van der Waals surface area contributed by atoms with Crippen LogP contribution in [0.2, 0.25) is 0 Å². The number of carbonyl (C=O) groups excluding carboxylic acids is 2. The molecule has 186 valence electrons. The molecule has 2 heterocycles. The number of Topliss-reactive ketones (excluding diaryl/α,β-unsaturated/α-hetero) is 1. The molecule has 0 saturated carbocycles. The van der Waals surface area contributed by atoms with Crippen LogP contribution in [-0.2, 0) is 9.59 Å². The van der Waals surface area contributed by atoms with Crippen molar-refractivity contribution in [2.75, 3.05) is 47.0 Å². The first-order chi connectivity index (χ1) is 16.8. The van der Waals surface area contributed by atoms with Crippen LogP contribution in [0.25, 0.3) is 5.76 Å². The third-order valence-corrected chi connectivity index (χ3v) is 5.96. The lowest BCUT2D eigenvalue weighted by Gasteiger charge is -2.26. The van der Waals surface area contributed by atoms with E-state index in [-0.39, 0.29) is 22.8 Å². The highest BCUT2D eigenvalue weighted by atomic mass is 16.6. The third kappa shape index (κ3) is 4.90. The van der Waals surface area contributed by atoms with Crippen molar-refractivity contribution in [3.63, 3.8) is 0 Å². The number of nitrogens with zero attached hydrogens (tertiary/aromatic N) is 2. The van der Waals surface area contributed by atoms with Crippen molar-refractivity contribution in [1.82, 2.24) is 9.80 Å². The number of hydrogen-bond acceptors (Lipinski definition) is 8. The summed E-state index contributed by atoms with van der Waals surface area (Å²) in [6.07, 6.45) is 0.636. The van der Waals surface area contributed by atoms with Gasteiger partial charge in [-0.15, -0.1) is 0 Å². The summed E-state index contributed by atoms with van der Waals surface area (Å²) in [5.41, 5.74) is 0.869. The molecule has 0 radical (unpaired) electrons. The van der Waals surface area contributed by atoms with Crippen LogP contribution < -0.4 is 14.2 Å². The van der Waals surface area contributed by atoms with Crippen LogP contribution in [0.1, 0.15) is 30.5 Å². The highest BCUT2D eigenvalue weighted by Gasteiger charge is 2.46. The van der Waals surface area contributed by atoms with Gasteiger partial charge in [-0.3, -0.25) is 9.59 Å². The Morgan fingerprint density at radius 3 is 2.57 bits per heavy atom. The molecule has 0 aromatic heterocycles. The molecule has 1 fully saturated rings. The highest BCUT2D eigenvalue weighted by molar-refractivity contribution is 6.46. The molecule has 0 aliphatic carbocycles. The van der Waals surface area contributed by atoms with Crippen LogP contribution in [0, 0.1) is 0 Å². The fraction of sp³-hybridized carbons (Fsp3) is 0.385. The van der Waals surface area contributed by atoms with Crippen LogP contribution in [0.4, 0.5) is 0 Å². The normalized spacial score (nSPS) is 18.9. The van der Waals surface area contributed by atoms with E-state index >= 15 is 0 Å². The average Bonchev–Trinajstić information content (AvgIpc) is 3.09. The number of phenols is 1. The van der Waals surface area contributed by atoms with Gasteiger partial charge in [0.25, 0.3) is 11.7 Å². The summed E-state index contributed by atoms with van der Waals surface area (Å²) in [6, 6.07) is 8.75. The predicted octanol–water partition coefficient (Wildman–Crippen LogP) is 2.94. The van der Waals surface area contributed by atoms with Gasteiger partial charge >= 0.3 is 0 Å². The van der Waals surface area contributed by atoms with E-state index in [1.807, 2.05) is 19.0 Å². The summed E-state index contributed by atoms with van der Waals surface area (Å²) in [5.74, 6) is -0.549. The molecule has 1 atom stereocenters. The van der Waals surface area contributed by atoms with Gasteiger partial charge in [0.1, 0.15) is 19.0 Å². The average molecular weight is 483 g/mol. The summed E-state index contributed by atoms with van der Waals surface area (Å²) in [7, 11) is 3.86. The first-order valence-corrected chi connectivity index (χ1v) is 11.6. The fourth-order valence-corrected chi connectivity index (χ4v) is 4.33. The van der Waals surface area contributed by atoms with Gasteiger partial charge in [-0.2, -0.15) is 0 Å². The Morgan fingerprint density at radius 1 is 1.11 bits per heavy atom. The molecule has 9 nitrogen and oxygen atoms in total. The maximum atomic E-state index is 13.2. The van der Waals surface area contributed by atoms with E-state index in [9.17, 15) is 19.8 Å². The van der Waals surface area contributed by atoms with Crippen molar-refractivity contribution in [3.8, 4) is 23.0 Å². The van der Waals surface area contributed by atoms with Crippen molar-refractivity contribution >= 4 is 17.4 Å². The molecular formula is C26H30N2O7. The summed E-state index contributed by atoms with van der Waals surface area (Å²) in [5, 5.41) is 21.5. The summed E-state index contributed by atoms with van der Waals surface area (Å²) in [4.78, 5) is 29.8. The van der Waals surface area contributed by atoms with Crippen molar-refractivity contribution in [2.45, 2.75) is 19.4 Å². The van der Waals surface area contributed by atoms with Crippen LogP contribution in [0.5, 0.6) is 23.0 Å². The van der Waals surface area contributed by atoms with Crippen molar-refractivity contribution < 1.29 is 34.0 Å². The van der Waals surface area contributed by atoms with E-state index in [1.165, 1.54) is 11.0 Å². The monoisotopic (exact) mass is 482 g/mol. The number of aliphatic hydroxyl groups excluding tert-OH is 1. The zero-order chi connectivity index (χ0) is 25.1. The molecule has 2 N–H and O–H groups in total. The Kier molecular flexibility index (Phi) is 7.16. The number of ether oxygens (including phenoxy) is 3. The largest absolute Gasteiger partial charge is 0.507 e. The van der Waals surface area contributed by atoms with Crippen LogP contribution >= 0.6 is 0 Å². The molecule has 4 rings (SSSR count). The highest BCUT2D eigenvalue weighted by Crippen LogP contribution is 2.43. The van der Waals surface area contributed by atoms with Gasteiger partial charge in [0.2, 0.25) is 0 Å². The number of likely N-dealkylation sites (tertiary alicyclic amines) is 1. The van der Waals surface area contributed by atoms with Crippen LogP contribution in [0.15, 0.2) is 42.0 Å². The number of carbonyl (C=O) groups is 2. The second-order valence-electron chi connectivity index (χ2n) is 8.67. The molecule has 1 amide bonds. The van der Waals surface area contributed by atoms with E-state index in [0.717, 1.165) is 6.54 Å². The number of benzene rings is 2. The number of aromatic hydroxyl groups is 1. The SMILES string of the molecule is CCOc1cc(C2C(=C(O)c3ccc4c(c3)OCCO4)C(=O)C(=O)N2CCCN(C)C)ccc1O. The molecule has 35 heavy (non-hydrogen) atoms. The van der Waals surface area contributed by atoms with Gasteiger partial charge in [-0.05, 0) is 69.9 Å².